The van der Waals surface area contributed by atoms with Crippen molar-refractivity contribution in [1.82, 2.24) is 5.32 Å². The lowest BCUT2D eigenvalue weighted by molar-refractivity contribution is -0.168. The van der Waals surface area contributed by atoms with Gasteiger partial charge in [-0.25, -0.2) is 0 Å². The molecule has 0 spiro atoms. The fourth-order valence-corrected chi connectivity index (χ4v) is 3.05. The molecule has 0 aromatic rings. The number of amides is 1. The van der Waals surface area contributed by atoms with Crippen molar-refractivity contribution in [2.75, 3.05) is 13.6 Å². The molecule has 0 aromatic heterocycles. The number of hydrogen-bond donors (Lipinski definition) is 1. The van der Waals surface area contributed by atoms with Crippen molar-refractivity contribution in [3.05, 3.63) is 0 Å². The van der Waals surface area contributed by atoms with E-state index in [4.69, 9.17) is 6.11 Å². The van der Waals surface area contributed by atoms with Crippen LogP contribution in [0.3, 0.4) is 0 Å². The Bertz CT molecular complexity index is 491. The van der Waals surface area contributed by atoms with Gasteiger partial charge < -0.3 is 14.8 Å². The van der Waals surface area contributed by atoms with Crippen LogP contribution in [-0.4, -0.2) is 37.1 Å². The van der Waals surface area contributed by atoms with Crippen LogP contribution in [0.5, 0.6) is 0 Å². The second-order valence-corrected chi connectivity index (χ2v) is 5.81. The van der Waals surface area contributed by atoms with Gasteiger partial charge in [-0.1, -0.05) is 13.8 Å². The summed E-state index contributed by atoms with van der Waals surface area (Å²) in [6.07, 6.45) is 0.940. The molecule has 1 saturated heterocycles. The third-order valence-electron chi connectivity index (χ3n) is 4.97. The molecule has 0 aromatic carbocycles. The van der Waals surface area contributed by atoms with E-state index < -0.39 is 40.8 Å². The molecule has 1 N–H and O–H groups in total. The molecule has 0 unspecified atom stereocenters. The molecule has 19 heavy (non-hydrogen) atoms. The van der Waals surface area contributed by atoms with Crippen LogP contribution in [-0.2, 0) is 23.9 Å². The van der Waals surface area contributed by atoms with Gasteiger partial charge in [0.2, 0.25) is 0 Å². The summed E-state index contributed by atoms with van der Waals surface area (Å²) < 4.78 is 17.3. The molecule has 6 heteroatoms. The molecule has 1 aliphatic heterocycles. The number of carbonyl (C=O) groups is 3. The third-order valence-corrected chi connectivity index (χ3v) is 4.97. The molecular formula is C13H19NO5. The average Bonchev–Trinajstić information content (AvgIpc) is 2.67. The van der Waals surface area contributed by atoms with Gasteiger partial charge in [0.25, 0.3) is 5.91 Å². The first-order chi connectivity index (χ1) is 9.12. The van der Waals surface area contributed by atoms with Crippen molar-refractivity contribution in [2.24, 2.45) is 10.8 Å². The molecule has 2 rings (SSSR count). The first kappa shape index (κ1) is 12.4. The second-order valence-electron chi connectivity index (χ2n) is 5.81. The Morgan fingerprint density at radius 3 is 2.47 bits per heavy atom. The van der Waals surface area contributed by atoms with Crippen LogP contribution in [0.25, 0.3) is 0 Å². The fourth-order valence-electron chi connectivity index (χ4n) is 3.05. The molecule has 106 valence electrons. The summed E-state index contributed by atoms with van der Waals surface area (Å²) in [6, 6.07) is 0. The molecule has 1 aliphatic carbocycles. The maximum Gasteiger partial charge on any atom is 0.325 e. The maximum absolute atomic E-state index is 12.4. The lowest BCUT2D eigenvalue weighted by Crippen LogP contribution is -2.54. The Kier molecular flexibility index (Phi) is 2.59. The van der Waals surface area contributed by atoms with E-state index in [1.165, 1.54) is 0 Å². The summed E-state index contributed by atoms with van der Waals surface area (Å²) in [5.41, 5.74) is -2.73. The lowest BCUT2D eigenvalue weighted by atomic mass is 9.66. The van der Waals surface area contributed by atoms with Crippen molar-refractivity contribution < 1.29 is 25.2 Å². The standard InChI is InChI=1S/C13H19NO5/c1-11(2)12(3)5-6-13(11,19-10(12)17)9(16)14-7-8(15)18-4/h5-7H2,1-4H3,(H,14,16)/t12-,13+/m0/s1/i7D/t7-,12+,13-/m1. The molecule has 2 aliphatic rings. The summed E-state index contributed by atoms with van der Waals surface area (Å²) in [5, 5.41) is 2.26. The zero-order valence-corrected chi connectivity index (χ0v) is 11.5. The Morgan fingerprint density at radius 1 is 1.42 bits per heavy atom. The van der Waals surface area contributed by atoms with Gasteiger partial charge in [-0.2, -0.15) is 0 Å². The monoisotopic (exact) mass is 270 g/mol. The smallest absolute Gasteiger partial charge is 0.325 e. The molecule has 1 amide bonds. The van der Waals surface area contributed by atoms with Crippen LogP contribution in [0, 0.1) is 10.8 Å². The van der Waals surface area contributed by atoms with Gasteiger partial charge in [-0.3, -0.25) is 14.4 Å². The van der Waals surface area contributed by atoms with Crippen LogP contribution in [0.4, 0.5) is 0 Å². The topological polar surface area (TPSA) is 81.7 Å². The quantitative estimate of drug-likeness (QED) is 0.751. The summed E-state index contributed by atoms with van der Waals surface area (Å²) >= 11 is 0. The lowest BCUT2D eigenvalue weighted by Gasteiger charge is -2.35. The minimum Gasteiger partial charge on any atom is -0.468 e. The Hall–Kier alpha value is -1.59. The molecule has 2 fully saturated rings. The zero-order chi connectivity index (χ0) is 15.3. The highest BCUT2D eigenvalue weighted by Crippen LogP contribution is 2.65. The SMILES string of the molecule is [2H][C@@H](NC(=O)[C@@]12CC[C@@](C)(C(=O)O1)C2(C)C)C(=O)OC. The number of esters is 2. The summed E-state index contributed by atoms with van der Waals surface area (Å²) in [5.74, 6) is -1.87. The minimum atomic E-state index is -1.52. The van der Waals surface area contributed by atoms with Crippen molar-refractivity contribution >= 4 is 17.8 Å². The summed E-state index contributed by atoms with van der Waals surface area (Å²) in [4.78, 5) is 35.7. The number of methoxy groups -OCH3 is 1. The van der Waals surface area contributed by atoms with E-state index in [-0.39, 0.29) is 0 Å². The molecule has 3 atom stereocenters. The van der Waals surface area contributed by atoms with Crippen LogP contribution in [0.2, 0.25) is 0 Å². The molecule has 1 saturated carbocycles. The van der Waals surface area contributed by atoms with Gasteiger partial charge in [0.1, 0.15) is 6.52 Å². The Balaban J connectivity index is 2.27. The molecule has 1 heterocycles. The number of rotatable bonds is 3. The Labute approximate surface area is 113 Å². The number of nitrogens with one attached hydrogen (secondary N) is 1. The highest BCUT2D eigenvalue weighted by Gasteiger charge is 2.75. The predicted octanol–water partition coefficient (Wildman–Crippen LogP) is 0.397. The predicted molar refractivity (Wildman–Crippen MR) is 65.0 cm³/mol. The molecule has 0 radical (unpaired) electrons. The highest BCUT2D eigenvalue weighted by molar-refractivity contribution is 5.97. The zero-order valence-electron chi connectivity index (χ0n) is 12.5. The van der Waals surface area contributed by atoms with Crippen molar-refractivity contribution in [3.63, 3.8) is 0 Å². The third kappa shape index (κ3) is 1.52. The van der Waals surface area contributed by atoms with Gasteiger partial charge in [0.05, 0.1) is 13.9 Å². The van der Waals surface area contributed by atoms with Crippen LogP contribution < -0.4 is 5.32 Å². The first-order valence-electron chi connectivity index (χ1n) is 6.74. The average molecular weight is 270 g/mol. The van der Waals surface area contributed by atoms with Gasteiger partial charge in [0, 0.05) is 5.41 Å². The molecule has 2 bridgehead atoms. The van der Waals surface area contributed by atoms with Gasteiger partial charge in [-0.05, 0) is 19.8 Å². The van der Waals surface area contributed by atoms with E-state index >= 15 is 0 Å². The summed E-state index contributed by atoms with van der Waals surface area (Å²) in [7, 11) is 1.14. The summed E-state index contributed by atoms with van der Waals surface area (Å²) in [6.45, 7) is 3.88. The van der Waals surface area contributed by atoms with E-state index in [1.54, 1.807) is 6.92 Å². The number of ether oxygens (including phenoxy) is 2. The van der Waals surface area contributed by atoms with Crippen LogP contribution in [0.15, 0.2) is 0 Å². The first-order valence-corrected chi connectivity index (χ1v) is 6.17. The van der Waals surface area contributed by atoms with Crippen molar-refractivity contribution in [1.29, 1.82) is 0 Å². The largest absolute Gasteiger partial charge is 0.468 e. The minimum absolute atomic E-state index is 0.391. The Morgan fingerprint density at radius 2 is 2.05 bits per heavy atom. The number of carbonyl (C=O) groups excluding carboxylic acids is 3. The van der Waals surface area contributed by atoms with E-state index in [0.717, 1.165) is 7.11 Å². The van der Waals surface area contributed by atoms with Gasteiger partial charge in [-0.15, -0.1) is 0 Å². The fraction of sp³-hybridized carbons (Fsp3) is 0.769. The van der Waals surface area contributed by atoms with Crippen molar-refractivity contribution in [3.8, 4) is 0 Å². The second kappa shape index (κ2) is 3.95. The number of fused-ring (bicyclic) bond motifs is 2. The normalized spacial score (nSPS) is 37.3. The van der Waals surface area contributed by atoms with Crippen LogP contribution in [0.1, 0.15) is 35.0 Å². The van der Waals surface area contributed by atoms with E-state index in [1.807, 2.05) is 13.8 Å². The van der Waals surface area contributed by atoms with Gasteiger partial charge >= 0.3 is 11.9 Å². The van der Waals surface area contributed by atoms with E-state index in [9.17, 15) is 14.4 Å². The van der Waals surface area contributed by atoms with Crippen LogP contribution >= 0.6 is 0 Å². The molecular weight excluding hydrogens is 250 g/mol. The van der Waals surface area contributed by atoms with Crippen molar-refractivity contribution in [2.45, 2.75) is 39.2 Å². The maximum atomic E-state index is 12.4. The highest BCUT2D eigenvalue weighted by atomic mass is 16.6. The van der Waals surface area contributed by atoms with Gasteiger partial charge in [0.15, 0.2) is 5.60 Å². The molecule has 6 nitrogen and oxygen atoms in total. The van der Waals surface area contributed by atoms with E-state index in [0.29, 0.717) is 12.8 Å². The van der Waals surface area contributed by atoms with E-state index in [2.05, 4.69) is 10.1 Å². The number of hydrogen-bond acceptors (Lipinski definition) is 5.